The molecule has 0 fully saturated rings. The molecule has 3 nitrogen and oxygen atoms in total. The van der Waals surface area contributed by atoms with Gasteiger partial charge in [0.1, 0.15) is 5.94 Å². The van der Waals surface area contributed by atoms with Crippen LogP contribution in [-0.2, 0) is 0 Å². The molecule has 1 heterocycles. The molecule has 0 spiro atoms. The zero-order valence-corrected chi connectivity index (χ0v) is 10.8. The second-order valence-electron chi connectivity index (χ2n) is 3.41. The Bertz CT molecular complexity index is 490. The van der Waals surface area contributed by atoms with Crippen LogP contribution >= 0.6 is 23.4 Å². The Kier molecular flexibility index (Phi) is 4.23. The molecule has 0 saturated heterocycles. The molecule has 5 heteroatoms. The van der Waals surface area contributed by atoms with Gasteiger partial charge in [0.05, 0.1) is 17.4 Å². The summed E-state index contributed by atoms with van der Waals surface area (Å²) in [6, 6.07) is 8.58. The Hall–Kier alpha value is -1.26. The van der Waals surface area contributed by atoms with Crippen molar-refractivity contribution in [2.45, 2.75) is 11.8 Å². The van der Waals surface area contributed by atoms with Gasteiger partial charge in [0.2, 0.25) is 0 Å². The van der Waals surface area contributed by atoms with E-state index in [-0.39, 0.29) is 0 Å². The van der Waals surface area contributed by atoms with Crippen LogP contribution in [0, 0.1) is 6.92 Å². The average Bonchev–Trinajstić information content (AvgIpc) is 2.32. The molecule has 2 rings (SSSR count). The lowest BCUT2D eigenvalue weighted by atomic mass is 10.2. The summed E-state index contributed by atoms with van der Waals surface area (Å²) in [7, 11) is 0. The van der Waals surface area contributed by atoms with Gasteiger partial charge in [0.15, 0.2) is 0 Å². The Balaban J connectivity index is 1.85. The molecule has 0 aliphatic rings. The number of ether oxygens (including phenoxy) is 1. The van der Waals surface area contributed by atoms with Gasteiger partial charge in [-0.15, -0.1) is 0 Å². The van der Waals surface area contributed by atoms with Crippen molar-refractivity contribution in [2.24, 2.45) is 0 Å². The van der Waals surface area contributed by atoms with E-state index in [9.17, 15) is 0 Å². The summed E-state index contributed by atoms with van der Waals surface area (Å²) in [6.07, 6.45) is 3.03. The molecule has 0 bridgehead atoms. The molecule has 0 atom stereocenters. The number of thioether (sulfide) groups is 1. The minimum atomic E-state index is 0.342. The second-order valence-corrected chi connectivity index (χ2v) is 4.84. The highest BCUT2D eigenvalue weighted by molar-refractivity contribution is 7.99. The van der Waals surface area contributed by atoms with E-state index >= 15 is 0 Å². The van der Waals surface area contributed by atoms with Crippen LogP contribution in [0.25, 0.3) is 0 Å². The van der Waals surface area contributed by atoms with Crippen LogP contribution in [0.4, 0.5) is 0 Å². The van der Waals surface area contributed by atoms with Crippen molar-refractivity contribution in [1.82, 2.24) is 9.97 Å². The van der Waals surface area contributed by atoms with Crippen LogP contribution in [0.5, 0.6) is 6.01 Å². The van der Waals surface area contributed by atoms with Gasteiger partial charge in [-0.05, 0) is 19.1 Å². The second kappa shape index (κ2) is 5.89. The first-order valence-electron chi connectivity index (χ1n) is 5.04. The monoisotopic (exact) mass is 266 g/mol. The first kappa shape index (κ1) is 12.2. The topological polar surface area (TPSA) is 35.0 Å². The molecule has 17 heavy (non-hydrogen) atoms. The van der Waals surface area contributed by atoms with Gasteiger partial charge >= 0.3 is 6.01 Å². The molecular weight excluding hydrogens is 256 g/mol. The van der Waals surface area contributed by atoms with Crippen LogP contribution in [0.15, 0.2) is 41.6 Å². The third-order valence-corrected chi connectivity index (χ3v) is 3.02. The summed E-state index contributed by atoms with van der Waals surface area (Å²) >= 11 is 7.27. The maximum atomic E-state index is 5.67. The fraction of sp³-hybridized carbons (Fsp3) is 0.167. The first-order chi connectivity index (χ1) is 8.24. The predicted octanol–water partition coefficient (Wildman–Crippen LogP) is 3.57. The Morgan fingerprint density at radius 3 is 2.76 bits per heavy atom. The third kappa shape index (κ3) is 3.91. The summed E-state index contributed by atoms with van der Waals surface area (Å²) in [5.41, 5.74) is 1.23. The molecule has 0 N–H and O–H groups in total. The number of rotatable bonds is 4. The van der Waals surface area contributed by atoms with Crippen molar-refractivity contribution in [1.29, 1.82) is 0 Å². The molecule has 0 unspecified atom stereocenters. The van der Waals surface area contributed by atoms with E-state index in [1.54, 1.807) is 11.8 Å². The zero-order valence-electron chi connectivity index (χ0n) is 9.26. The SMILES string of the molecule is Cc1cccc(SCOc2ncc(Cl)cn2)c1. The maximum absolute atomic E-state index is 5.67. The summed E-state index contributed by atoms with van der Waals surface area (Å²) in [5, 5.41) is 0.503. The number of halogens is 1. The van der Waals surface area contributed by atoms with E-state index in [4.69, 9.17) is 16.3 Å². The smallest absolute Gasteiger partial charge is 0.317 e. The number of nitrogens with zero attached hydrogens (tertiary/aromatic N) is 2. The normalized spacial score (nSPS) is 10.2. The van der Waals surface area contributed by atoms with E-state index in [1.807, 2.05) is 12.1 Å². The molecule has 0 saturated carbocycles. The van der Waals surface area contributed by atoms with Gasteiger partial charge in [-0.2, -0.15) is 0 Å². The lowest BCUT2D eigenvalue weighted by Gasteiger charge is -2.04. The van der Waals surface area contributed by atoms with Gasteiger partial charge in [-0.3, -0.25) is 0 Å². The quantitative estimate of drug-likeness (QED) is 0.626. The van der Waals surface area contributed by atoms with E-state index in [0.29, 0.717) is 17.0 Å². The highest BCUT2D eigenvalue weighted by Gasteiger charge is 1.98. The molecule has 1 aromatic carbocycles. The van der Waals surface area contributed by atoms with E-state index in [0.717, 1.165) is 0 Å². The lowest BCUT2D eigenvalue weighted by molar-refractivity contribution is 0.360. The van der Waals surface area contributed by atoms with Crippen LogP contribution in [-0.4, -0.2) is 15.9 Å². The number of aromatic nitrogens is 2. The van der Waals surface area contributed by atoms with Crippen molar-refractivity contribution >= 4 is 23.4 Å². The Morgan fingerprint density at radius 2 is 2.06 bits per heavy atom. The average molecular weight is 267 g/mol. The van der Waals surface area contributed by atoms with Gasteiger partial charge in [0.25, 0.3) is 0 Å². The van der Waals surface area contributed by atoms with Crippen molar-refractivity contribution in [3.05, 3.63) is 47.2 Å². The lowest BCUT2D eigenvalue weighted by Crippen LogP contribution is -1.97. The minimum Gasteiger partial charge on any atom is -0.452 e. The van der Waals surface area contributed by atoms with Crippen LogP contribution in [0.2, 0.25) is 5.02 Å². The van der Waals surface area contributed by atoms with Gasteiger partial charge < -0.3 is 4.74 Å². The molecule has 0 amide bonds. The number of aryl methyl sites for hydroxylation is 1. The van der Waals surface area contributed by atoms with Crippen LogP contribution in [0.1, 0.15) is 5.56 Å². The number of hydrogen-bond acceptors (Lipinski definition) is 4. The van der Waals surface area contributed by atoms with Crippen LogP contribution < -0.4 is 4.74 Å². The van der Waals surface area contributed by atoms with Crippen LogP contribution in [0.3, 0.4) is 0 Å². The predicted molar refractivity (Wildman–Crippen MR) is 69.6 cm³/mol. The molecule has 2 aromatic rings. The molecule has 0 aliphatic heterocycles. The summed E-state index contributed by atoms with van der Waals surface area (Å²) < 4.78 is 5.39. The molecular formula is C12H11ClN2OS. The Labute approximate surface area is 109 Å². The zero-order chi connectivity index (χ0) is 12.1. The highest BCUT2D eigenvalue weighted by atomic mass is 35.5. The number of hydrogen-bond donors (Lipinski definition) is 0. The summed E-state index contributed by atoms with van der Waals surface area (Å²) in [6.45, 7) is 2.06. The minimum absolute atomic E-state index is 0.342. The molecule has 88 valence electrons. The first-order valence-corrected chi connectivity index (χ1v) is 6.40. The van der Waals surface area contributed by atoms with E-state index < -0.39 is 0 Å². The van der Waals surface area contributed by atoms with E-state index in [2.05, 4.69) is 29.0 Å². The summed E-state index contributed by atoms with van der Waals surface area (Å²) in [5.74, 6) is 0.477. The molecule has 1 aromatic heterocycles. The fourth-order valence-corrected chi connectivity index (χ4v) is 2.07. The van der Waals surface area contributed by atoms with Gasteiger partial charge in [-0.1, -0.05) is 41.1 Å². The standard InChI is InChI=1S/C12H11ClN2OS/c1-9-3-2-4-11(5-9)17-8-16-12-14-6-10(13)7-15-12/h2-7H,8H2,1H3. The Morgan fingerprint density at radius 1 is 1.29 bits per heavy atom. The van der Waals surface area contributed by atoms with Crippen molar-refractivity contribution in [3.8, 4) is 6.01 Å². The summed E-state index contributed by atoms with van der Waals surface area (Å²) in [4.78, 5) is 9.06. The maximum Gasteiger partial charge on any atom is 0.317 e. The highest BCUT2D eigenvalue weighted by Crippen LogP contribution is 2.19. The van der Waals surface area contributed by atoms with Gasteiger partial charge in [-0.25, -0.2) is 9.97 Å². The van der Waals surface area contributed by atoms with Crippen molar-refractivity contribution in [2.75, 3.05) is 5.94 Å². The van der Waals surface area contributed by atoms with Crippen molar-refractivity contribution in [3.63, 3.8) is 0 Å². The van der Waals surface area contributed by atoms with Gasteiger partial charge in [0, 0.05) is 4.90 Å². The molecule has 0 aliphatic carbocycles. The largest absolute Gasteiger partial charge is 0.452 e. The molecule has 0 radical (unpaired) electrons. The van der Waals surface area contributed by atoms with E-state index in [1.165, 1.54) is 22.9 Å². The third-order valence-electron chi connectivity index (χ3n) is 2.00. The number of benzene rings is 1. The fourth-order valence-electron chi connectivity index (χ4n) is 1.23. The van der Waals surface area contributed by atoms with Crippen molar-refractivity contribution < 1.29 is 4.74 Å².